The number of halogens is 3. The normalized spacial score (nSPS) is 23.0. The summed E-state index contributed by atoms with van der Waals surface area (Å²) in [5, 5.41) is 40.7. The summed E-state index contributed by atoms with van der Waals surface area (Å²) in [6, 6.07) is 4.65. The Labute approximate surface area is 229 Å². The Kier molecular flexibility index (Phi) is 8.78. The Morgan fingerprint density at radius 3 is 2.51 bits per heavy atom. The monoisotopic (exact) mass is 606 g/mol. The molecule has 0 aliphatic carbocycles. The van der Waals surface area contributed by atoms with Crippen molar-refractivity contribution in [2.75, 3.05) is 12.3 Å². The lowest BCUT2D eigenvalue weighted by molar-refractivity contribution is -0.207. The van der Waals surface area contributed by atoms with E-state index in [-0.39, 0.29) is 22.5 Å². The lowest BCUT2D eigenvalue weighted by Crippen LogP contribution is -2.37. The standard InChI is InChI=1S/C22H25F3N6O9S/c23-22(24,25)18(36)11-4-2-1-3-10(11)12(32)5-6-14(33)30-41(37,38)39-7-13-16(34)17(35)21(40-13)31-9-29-15-19(26)27-8-28-20(15)31/h1-4,8-9,12-13,16-18,21,32,34-36H,5-7H2,(H,30,33)(H2,26,27,28)/t12?,13?,16-,17-,18?,21-/m1/s1. The van der Waals surface area contributed by atoms with Gasteiger partial charge in [0.25, 0.3) is 0 Å². The van der Waals surface area contributed by atoms with E-state index in [0.29, 0.717) is 0 Å². The van der Waals surface area contributed by atoms with Crippen LogP contribution in [0.5, 0.6) is 0 Å². The number of alkyl halides is 3. The molecule has 0 radical (unpaired) electrons. The number of hydrogen-bond donors (Lipinski definition) is 6. The summed E-state index contributed by atoms with van der Waals surface area (Å²) in [4.78, 5) is 24.0. The number of hydrogen-bond acceptors (Lipinski definition) is 13. The van der Waals surface area contributed by atoms with Gasteiger partial charge < -0.3 is 30.9 Å². The fraction of sp³-hybridized carbons (Fsp3) is 0.455. The molecule has 1 aliphatic heterocycles. The van der Waals surface area contributed by atoms with E-state index >= 15 is 0 Å². The molecule has 1 amide bonds. The molecule has 7 N–H and O–H groups in total. The van der Waals surface area contributed by atoms with Crippen LogP contribution in [0.1, 0.15) is 42.4 Å². The van der Waals surface area contributed by atoms with Gasteiger partial charge in [-0.1, -0.05) is 24.3 Å². The van der Waals surface area contributed by atoms with Crippen molar-refractivity contribution >= 4 is 33.2 Å². The molecule has 6 atom stereocenters. The summed E-state index contributed by atoms with van der Waals surface area (Å²) in [6.07, 6.45) is -14.1. The molecular weight excluding hydrogens is 581 g/mol. The molecule has 0 spiro atoms. The molecule has 4 rings (SSSR count). The number of nitrogen functional groups attached to an aromatic ring is 1. The van der Waals surface area contributed by atoms with Gasteiger partial charge in [-0.2, -0.15) is 21.6 Å². The summed E-state index contributed by atoms with van der Waals surface area (Å²) in [6.45, 7) is -0.827. The van der Waals surface area contributed by atoms with Crippen LogP contribution in [-0.2, 0) is 24.0 Å². The van der Waals surface area contributed by atoms with E-state index in [9.17, 15) is 46.8 Å². The molecule has 2 aromatic heterocycles. The first-order valence-electron chi connectivity index (χ1n) is 11.9. The summed E-state index contributed by atoms with van der Waals surface area (Å²) in [5.41, 5.74) is 5.21. The first-order chi connectivity index (χ1) is 19.2. The third-order valence-electron chi connectivity index (χ3n) is 6.23. The minimum absolute atomic E-state index is 0.0547. The fourth-order valence-electron chi connectivity index (χ4n) is 4.19. The van der Waals surface area contributed by atoms with E-state index in [1.165, 1.54) is 23.0 Å². The van der Waals surface area contributed by atoms with Crippen LogP contribution >= 0.6 is 0 Å². The number of nitrogens with two attached hydrogens (primary N) is 1. The zero-order valence-electron chi connectivity index (χ0n) is 20.8. The van der Waals surface area contributed by atoms with E-state index in [4.69, 9.17) is 14.7 Å². The van der Waals surface area contributed by atoms with Gasteiger partial charge in [-0.15, -0.1) is 0 Å². The first kappa shape index (κ1) is 30.5. The van der Waals surface area contributed by atoms with Crippen molar-refractivity contribution < 1.29 is 55.7 Å². The summed E-state index contributed by atoms with van der Waals surface area (Å²) in [5.74, 6) is -1.11. The molecular formula is C22H25F3N6O9S. The molecule has 15 nitrogen and oxygen atoms in total. The van der Waals surface area contributed by atoms with E-state index in [0.717, 1.165) is 18.5 Å². The van der Waals surface area contributed by atoms with Gasteiger partial charge in [0, 0.05) is 6.42 Å². The highest BCUT2D eigenvalue weighted by Crippen LogP contribution is 2.37. The number of benzene rings is 1. The van der Waals surface area contributed by atoms with E-state index in [2.05, 4.69) is 15.0 Å². The number of anilines is 1. The van der Waals surface area contributed by atoms with E-state index < -0.39 is 84.1 Å². The Bertz CT molecular complexity index is 1510. The number of rotatable bonds is 10. The fourth-order valence-corrected chi connectivity index (χ4v) is 4.95. The Morgan fingerprint density at radius 2 is 1.83 bits per heavy atom. The van der Waals surface area contributed by atoms with Crippen molar-refractivity contribution in [3.05, 3.63) is 48.0 Å². The molecule has 41 heavy (non-hydrogen) atoms. The van der Waals surface area contributed by atoms with Gasteiger partial charge in [-0.3, -0.25) is 13.5 Å². The van der Waals surface area contributed by atoms with Gasteiger partial charge in [0.15, 0.2) is 23.8 Å². The molecule has 0 bridgehead atoms. The number of nitrogens with zero attached hydrogens (tertiary/aromatic N) is 4. The van der Waals surface area contributed by atoms with E-state index in [1.807, 2.05) is 0 Å². The molecule has 0 saturated carbocycles. The number of aliphatic hydroxyl groups excluding tert-OH is 4. The molecule has 3 aromatic rings. The predicted molar refractivity (Wildman–Crippen MR) is 130 cm³/mol. The molecule has 3 unspecified atom stereocenters. The van der Waals surface area contributed by atoms with Crippen molar-refractivity contribution in [2.24, 2.45) is 0 Å². The number of carbonyl (C=O) groups excluding carboxylic acids is 1. The number of aliphatic hydroxyl groups is 4. The van der Waals surface area contributed by atoms with Gasteiger partial charge in [-0.25, -0.2) is 19.7 Å². The minimum Gasteiger partial charge on any atom is -0.388 e. The number of amides is 1. The van der Waals surface area contributed by atoms with Gasteiger partial charge in [0.05, 0.1) is 19.0 Å². The zero-order valence-corrected chi connectivity index (χ0v) is 21.6. The molecule has 19 heteroatoms. The molecule has 1 aromatic carbocycles. The highest BCUT2D eigenvalue weighted by atomic mass is 32.2. The van der Waals surface area contributed by atoms with Crippen LogP contribution in [0.4, 0.5) is 19.0 Å². The lowest BCUT2D eigenvalue weighted by atomic mass is 9.95. The van der Waals surface area contributed by atoms with Crippen LogP contribution in [0.25, 0.3) is 11.2 Å². The van der Waals surface area contributed by atoms with Gasteiger partial charge in [0.1, 0.15) is 30.2 Å². The topological polar surface area (TPSA) is 232 Å². The maximum Gasteiger partial charge on any atom is 0.418 e. The Morgan fingerprint density at radius 1 is 1.15 bits per heavy atom. The van der Waals surface area contributed by atoms with Crippen molar-refractivity contribution in [1.82, 2.24) is 24.2 Å². The van der Waals surface area contributed by atoms with Gasteiger partial charge >= 0.3 is 16.5 Å². The second-order valence-electron chi connectivity index (χ2n) is 9.02. The van der Waals surface area contributed by atoms with Gasteiger partial charge in [-0.05, 0) is 17.5 Å². The quantitative estimate of drug-likeness (QED) is 0.171. The average molecular weight is 607 g/mol. The van der Waals surface area contributed by atoms with Crippen molar-refractivity contribution in [3.8, 4) is 0 Å². The largest absolute Gasteiger partial charge is 0.418 e. The van der Waals surface area contributed by atoms with Crippen molar-refractivity contribution in [3.63, 3.8) is 0 Å². The predicted octanol–water partition coefficient (Wildman–Crippen LogP) is -0.485. The maximum absolute atomic E-state index is 12.9. The number of nitrogens with one attached hydrogen (secondary N) is 1. The van der Waals surface area contributed by atoms with Gasteiger partial charge in [0.2, 0.25) is 5.91 Å². The molecule has 1 saturated heterocycles. The number of imidazole rings is 1. The molecule has 1 aliphatic rings. The number of fused-ring (bicyclic) bond motifs is 1. The van der Waals surface area contributed by atoms with Crippen molar-refractivity contribution in [2.45, 2.75) is 55.8 Å². The summed E-state index contributed by atoms with van der Waals surface area (Å²) in [7, 11) is -4.77. The Hall–Kier alpha value is -3.46. The van der Waals surface area contributed by atoms with Crippen LogP contribution in [-0.4, -0.2) is 85.4 Å². The SMILES string of the molecule is Nc1ncnc2c1ncn2[C@@H]1OC(COS(=O)(=O)NC(=O)CCC(O)c2ccccc2C(O)C(F)(F)F)[C@@H](O)[C@H]1O. The van der Waals surface area contributed by atoms with Crippen LogP contribution in [0.2, 0.25) is 0 Å². The van der Waals surface area contributed by atoms with Crippen LogP contribution in [0.15, 0.2) is 36.9 Å². The molecule has 1 fully saturated rings. The second kappa shape index (κ2) is 11.8. The highest BCUT2D eigenvalue weighted by molar-refractivity contribution is 7.85. The first-order valence-corrected chi connectivity index (χ1v) is 13.3. The minimum atomic E-state index is -5.00. The maximum atomic E-state index is 12.9. The summed E-state index contributed by atoms with van der Waals surface area (Å²) >= 11 is 0. The summed E-state index contributed by atoms with van der Waals surface area (Å²) < 4.78 is 76.4. The van der Waals surface area contributed by atoms with Crippen LogP contribution < -0.4 is 10.5 Å². The number of aromatic nitrogens is 4. The smallest absolute Gasteiger partial charge is 0.388 e. The third kappa shape index (κ3) is 6.72. The van der Waals surface area contributed by atoms with Crippen LogP contribution in [0, 0.1) is 0 Å². The highest BCUT2D eigenvalue weighted by Gasteiger charge is 2.45. The lowest BCUT2D eigenvalue weighted by Gasteiger charge is -2.21. The van der Waals surface area contributed by atoms with Crippen molar-refractivity contribution in [1.29, 1.82) is 0 Å². The average Bonchev–Trinajstić information content (AvgIpc) is 3.46. The second-order valence-corrected chi connectivity index (χ2v) is 10.4. The third-order valence-corrected chi connectivity index (χ3v) is 7.15. The van der Waals surface area contributed by atoms with Crippen LogP contribution in [0.3, 0.4) is 0 Å². The van der Waals surface area contributed by atoms with E-state index in [1.54, 1.807) is 4.72 Å². The molecule has 224 valence electrons. The number of ether oxygens (including phenoxy) is 1. The zero-order chi connectivity index (χ0) is 30.1. The number of carbonyl (C=O) groups is 1. The molecule has 3 heterocycles. The Balaban J connectivity index is 1.32.